The third-order valence-electron chi connectivity index (χ3n) is 6.65. The Bertz CT molecular complexity index is 1520. The first kappa shape index (κ1) is 24.8. The van der Waals surface area contributed by atoms with Gasteiger partial charge < -0.3 is 4.74 Å². The monoisotopic (exact) mass is 509 g/mol. The second-order valence-electron chi connectivity index (χ2n) is 9.04. The Morgan fingerprint density at radius 3 is 2.53 bits per heavy atom. The van der Waals surface area contributed by atoms with Crippen molar-refractivity contribution in [2.75, 3.05) is 13.2 Å². The molecule has 1 saturated heterocycles. The number of nitriles is 1. The summed E-state index contributed by atoms with van der Waals surface area (Å²) in [7, 11) is 0. The van der Waals surface area contributed by atoms with Gasteiger partial charge in [-0.3, -0.25) is 24.6 Å². The summed E-state index contributed by atoms with van der Waals surface area (Å²) < 4.78 is 7.21. The van der Waals surface area contributed by atoms with E-state index in [1.807, 2.05) is 36.4 Å². The Labute approximate surface area is 218 Å². The van der Waals surface area contributed by atoms with Gasteiger partial charge in [0.1, 0.15) is 11.6 Å². The Kier molecular flexibility index (Phi) is 6.68. The van der Waals surface area contributed by atoms with Gasteiger partial charge in [0.15, 0.2) is 0 Å². The Morgan fingerprint density at radius 2 is 1.89 bits per heavy atom. The maximum Gasteiger partial charge on any atom is 0.271 e. The number of nitro benzene ring substituents is 1. The number of benzene rings is 2. The molecule has 2 aliphatic heterocycles. The van der Waals surface area contributed by atoms with E-state index in [4.69, 9.17) is 9.84 Å². The molecule has 3 heterocycles. The molecule has 0 bridgehead atoms. The highest BCUT2D eigenvalue weighted by Crippen LogP contribution is 2.32. The van der Waals surface area contributed by atoms with Crippen molar-refractivity contribution in [2.45, 2.75) is 25.9 Å². The highest BCUT2D eigenvalue weighted by molar-refractivity contribution is 6.19. The summed E-state index contributed by atoms with van der Waals surface area (Å²) in [5.74, 6) is -1.11. The van der Waals surface area contributed by atoms with E-state index in [0.29, 0.717) is 29.1 Å². The van der Waals surface area contributed by atoms with Gasteiger partial charge in [0.2, 0.25) is 0 Å². The lowest BCUT2D eigenvalue weighted by atomic mass is 9.93. The molecule has 38 heavy (non-hydrogen) atoms. The largest absolute Gasteiger partial charge is 0.376 e. The lowest BCUT2D eigenvalue weighted by Gasteiger charge is -2.29. The molecule has 0 spiro atoms. The molecule has 0 N–H and O–H groups in total. The zero-order valence-corrected chi connectivity index (χ0v) is 20.5. The molecule has 1 atom stereocenters. The molecule has 2 aliphatic rings. The molecule has 10 heteroatoms. The lowest BCUT2D eigenvalue weighted by molar-refractivity contribution is -0.384. The van der Waals surface area contributed by atoms with E-state index in [9.17, 15) is 25.0 Å². The molecular weight excluding hydrogens is 486 g/mol. The standard InChI is InChI=1S/C28H23N5O5/c1-18-24(27(34)31(28(35)25(18)15-29)17-23-8-5-13-38-23)14-20-16-32(21-9-11-22(12-10-21)33(36)37)30-26(20)19-6-3-2-4-7-19/h2-4,6-7,9-12,14,16,23H,5,8,13,17H2,1H3/b24-14+. The minimum absolute atomic E-state index is 0.0415. The molecule has 0 radical (unpaired) electrons. The molecule has 1 aromatic heterocycles. The summed E-state index contributed by atoms with van der Waals surface area (Å²) >= 11 is 0. The number of rotatable bonds is 6. The van der Waals surface area contributed by atoms with Crippen molar-refractivity contribution in [3.63, 3.8) is 0 Å². The minimum Gasteiger partial charge on any atom is -0.376 e. The third kappa shape index (κ3) is 4.63. The van der Waals surface area contributed by atoms with E-state index in [-0.39, 0.29) is 29.5 Å². The van der Waals surface area contributed by atoms with Crippen LogP contribution < -0.4 is 0 Å². The van der Waals surface area contributed by atoms with Crippen LogP contribution in [0.5, 0.6) is 0 Å². The first-order valence-electron chi connectivity index (χ1n) is 12.1. The number of ether oxygens (including phenoxy) is 1. The fourth-order valence-corrected chi connectivity index (χ4v) is 4.62. The Balaban J connectivity index is 1.61. The third-order valence-corrected chi connectivity index (χ3v) is 6.65. The Hall–Kier alpha value is -4.88. The van der Waals surface area contributed by atoms with E-state index >= 15 is 0 Å². The number of nitro groups is 1. The predicted molar refractivity (Wildman–Crippen MR) is 138 cm³/mol. The highest BCUT2D eigenvalue weighted by atomic mass is 16.6. The molecule has 3 aromatic rings. The minimum atomic E-state index is -0.618. The molecule has 190 valence electrons. The normalized spacial score (nSPS) is 18.8. The number of non-ortho nitro benzene ring substituents is 1. The molecule has 0 saturated carbocycles. The number of aromatic nitrogens is 2. The van der Waals surface area contributed by atoms with E-state index in [0.717, 1.165) is 23.3 Å². The number of hydrogen-bond donors (Lipinski definition) is 0. The second kappa shape index (κ2) is 10.2. The van der Waals surface area contributed by atoms with Crippen molar-refractivity contribution in [1.82, 2.24) is 14.7 Å². The highest BCUT2D eigenvalue weighted by Gasteiger charge is 2.37. The van der Waals surface area contributed by atoms with Gasteiger partial charge in [-0.1, -0.05) is 30.3 Å². The van der Waals surface area contributed by atoms with Gasteiger partial charge in [0.05, 0.1) is 29.0 Å². The molecule has 5 rings (SSSR count). The van der Waals surface area contributed by atoms with Crippen molar-refractivity contribution in [2.24, 2.45) is 0 Å². The van der Waals surface area contributed by atoms with E-state index < -0.39 is 16.7 Å². The van der Waals surface area contributed by atoms with Gasteiger partial charge in [0, 0.05) is 41.6 Å². The van der Waals surface area contributed by atoms with Crippen LogP contribution in [-0.4, -0.2) is 50.7 Å². The van der Waals surface area contributed by atoms with Crippen molar-refractivity contribution in [1.29, 1.82) is 5.26 Å². The zero-order valence-electron chi connectivity index (χ0n) is 20.5. The van der Waals surface area contributed by atoms with Gasteiger partial charge >= 0.3 is 0 Å². The first-order chi connectivity index (χ1) is 18.4. The van der Waals surface area contributed by atoms with Crippen LogP contribution in [0, 0.1) is 21.4 Å². The van der Waals surface area contributed by atoms with Crippen molar-refractivity contribution < 1.29 is 19.2 Å². The van der Waals surface area contributed by atoms with Gasteiger partial charge in [-0.25, -0.2) is 4.68 Å². The smallest absolute Gasteiger partial charge is 0.271 e. The predicted octanol–water partition coefficient (Wildman–Crippen LogP) is 4.22. The molecule has 10 nitrogen and oxygen atoms in total. The van der Waals surface area contributed by atoms with Crippen LogP contribution in [0.2, 0.25) is 0 Å². The number of nitrogens with zero attached hydrogens (tertiary/aromatic N) is 5. The van der Waals surface area contributed by atoms with Gasteiger partial charge in [-0.15, -0.1) is 0 Å². The average molecular weight is 510 g/mol. The fraction of sp³-hybridized carbons (Fsp3) is 0.214. The number of amides is 2. The quantitative estimate of drug-likeness (QED) is 0.210. The second-order valence-corrected chi connectivity index (χ2v) is 9.04. The summed E-state index contributed by atoms with van der Waals surface area (Å²) in [6, 6.07) is 17.3. The zero-order chi connectivity index (χ0) is 26.8. The van der Waals surface area contributed by atoms with Gasteiger partial charge in [-0.05, 0) is 43.5 Å². The van der Waals surface area contributed by atoms with Crippen LogP contribution >= 0.6 is 0 Å². The summed E-state index contributed by atoms with van der Waals surface area (Å²) in [5, 5.41) is 25.5. The van der Waals surface area contributed by atoms with Gasteiger partial charge in [-0.2, -0.15) is 10.4 Å². The van der Waals surface area contributed by atoms with E-state index in [1.165, 1.54) is 12.1 Å². The summed E-state index contributed by atoms with van der Waals surface area (Å²) in [4.78, 5) is 38.3. The summed E-state index contributed by atoms with van der Waals surface area (Å²) in [5.41, 5.74) is 2.93. The van der Waals surface area contributed by atoms with Crippen molar-refractivity contribution in [3.8, 4) is 23.0 Å². The summed E-state index contributed by atoms with van der Waals surface area (Å²) in [6.07, 6.45) is 4.69. The molecule has 1 fully saturated rings. The maximum absolute atomic E-state index is 13.6. The molecule has 1 unspecified atom stereocenters. The lowest BCUT2D eigenvalue weighted by Crippen LogP contribution is -2.46. The van der Waals surface area contributed by atoms with E-state index in [1.54, 1.807) is 36.0 Å². The van der Waals surface area contributed by atoms with E-state index in [2.05, 4.69) is 0 Å². The molecule has 2 amide bonds. The molecule has 0 aliphatic carbocycles. The molecular formula is C28H23N5O5. The van der Waals surface area contributed by atoms with Crippen LogP contribution in [0.15, 0.2) is 77.5 Å². The number of hydrogen-bond acceptors (Lipinski definition) is 7. The number of imide groups is 1. The first-order valence-corrected chi connectivity index (χ1v) is 12.1. The summed E-state index contributed by atoms with van der Waals surface area (Å²) in [6.45, 7) is 2.25. The van der Waals surface area contributed by atoms with Crippen molar-refractivity contribution >= 4 is 23.6 Å². The van der Waals surface area contributed by atoms with Crippen LogP contribution in [-0.2, 0) is 14.3 Å². The van der Waals surface area contributed by atoms with Crippen LogP contribution in [0.3, 0.4) is 0 Å². The van der Waals surface area contributed by atoms with Crippen LogP contribution in [0.25, 0.3) is 23.0 Å². The number of carbonyl (C=O) groups is 2. The Morgan fingerprint density at radius 1 is 1.16 bits per heavy atom. The number of carbonyl (C=O) groups excluding carboxylic acids is 2. The van der Waals surface area contributed by atoms with Gasteiger partial charge in [0.25, 0.3) is 17.5 Å². The van der Waals surface area contributed by atoms with Crippen LogP contribution in [0.1, 0.15) is 25.3 Å². The maximum atomic E-state index is 13.6. The molecule has 2 aromatic carbocycles. The topological polar surface area (TPSA) is 131 Å². The van der Waals surface area contributed by atoms with Crippen LogP contribution in [0.4, 0.5) is 5.69 Å². The average Bonchev–Trinajstić information content (AvgIpc) is 3.60. The SMILES string of the molecule is CC1=C(C#N)C(=O)N(CC2CCCO2)C(=O)/C1=C/c1cn(-c2ccc([N+](=O)[O-])cc2)nc1-c1ccccc1. The van der Waals surface area contributed by atoms with Crippen molar-refractivity contribution in [3.05, 3.63) is 93.2 Å². The fourth-order valence-electron chi connectivity index (χ4n) is 4.62.